The van der Waals surface area contributed by atoms with Crippen LogP contribution >= 0.6 is 0 Å². The third kappa shape index (κ3) is 5.71. The van der Waals surface area contributed by atoms with Gasteiger partial charge in [0.25, 0.3) is 0 Å². The third-order valence-electron chi connectivity index (χ3n) is 3.84. The molecule has 1 aliphatic rings. The second-order valence-corrected chi connectivity index (χ2v) is 5.54. The lowest BCUT2D eigenvalue weighted by molar-refractivity contribution is -0.137. The second-order valence-electron chi connectivity index (χ2n) is 5.54. The number of hydrogen-bond donors (Lipinski definition) is 1. The van der Waals surface area contributed by atoms with Crippen LogP contribution in [0.3, 0.4) is 0 Å². The van der Waals surface area contributed by atoms with E-state index in [-0.39, 0.29) is 12.2 Å². The van der Waals surface area contributed by atoms with Gasteiger partial charge in [-0.25, -0.2) is 4.39 Å². The molecule has 1 N–H and O–H groups in total. The summed E-state index contributed by atoms with van der Waals surface area (Å²) >= 11 is 0. The summed E-state index contributed by atoms with van der Waals surface area (Å²) < 4.78 is 18.3. The first-order chi connectivity index (χ1) is 10.1. The highest BCUT2D eigenvalue weighted by Crippen LogP contribution is 2.21. The standard InChI is InChI=1S/C16H22FNO3/c17-14-3-5-15(6-4-14)21-11-1-9-18-10-8-13(12-18)2-7-16(19)20/h3-6,13H,1-2,7-12H2,(H,19,20). The largest absolute Gasteiger partial charge is 0.494 e. The topological polar surface area (TPSA) is 49.8 Å². The molecule has 0 amide bonds. The van der Waals surface area contributed by atoms with Gasteiger partial charge < -0.3 is 14.7 Å². The molecule has 1 aromatic carbocycles. The Bertz CT molecular complexity index is 449. The second kappa shape index (κ2) is 7.98. The lowest BCUT2D eigenvalue weighted by atomic mass is 10.0. The van der Waals surface area contributed by atoms with Gasteiger partial charge in [-0.2, -0.15) is 0 Å². The van der Waals surface area contributed by atoms with Gasteiger partial charge in [0.1, 0.15) is 11.6 Å². The fourth-order valence-corrected chi connectivity index (χ4v) is 2.69. The number of rotatable bonds is 8. The van der Waals surface area contributed by atoms with Gasteiger partial charge in [-0.05, 0) is 56.0 Å². The summed E-state index contributed by atoms with van der Waals surface area (Å²) in [5, 5.41) is 8.68. The van der Waals surface area contributed by atoms with Crippen LogP contribution in [-0.2, 0) is 4.79 Å². The Hall–Kier alpha value is -1.62. The van der Waals surface area contributed by atoms with E-state index >= 15 is 0 Å². The Morgan fingerprint density at radius 1 is 1.38 bits per heavy atom. The first kappa shape index (κ1) is 15.8. The van der Waals surface area contributed by atoms with Gasteiger partial charge >= 0.3 is 5.97 Å². The third-order valence-corrected chi connectivity index (χ3v) is 3.84. The van der Waals surface area contributed by atoms with E-state index in [0.29, 0.717) is 18.3 Å². The first-order valence-electron chi connectivity index (χ1n) is 7.46. The highest BCUT2D eigenvalue weighted by Gasteiger charge is 2.22. The summed E-state index contributed by atoms with van der Waals surface area (Å²) in [4.78, 5) is 12.9. The van der Waals surface area contributed by atoms with Crippen LogP contribution in [-0.4, -0.2) is 42.2 Å². The summed E-state index contributed by atoms with van der Waals surface area (Å²) in [6.07, 6.45) is 3.05. The van der Waals surface area contributed by atoms with Crippen molar-refractivity contribution in [2.24, 2.45) is 5.92 Å². The number of aliphatic carboxylic acids is 1. The summed E-state index contributed by atoms with van der Waals surface area (Å²) in [5.41, 5.74) is 0. The summed E-state index contributed by atoms with van der Waals surface area (Å²) in [7, 11) is 0. The van der Waals surface area contributed by atoms with Crippen molar-refractivity contribution in [1.29, 1.82) is 0 Å². The zero-order valence-electron chi connectivity index (χ0n) is 12.1. The van der Waals surface area contributed by atoms with Gasteiger partial charge in [0.05, 0.1) is 6.61 Å². The highest BCUT2D eigenvalue weighted by molar-refractivity contribution is 5.66. The molecule has 0 bridgehead atoms. The predicted octanol–water partition coefficient (Wildman–Crippen LogP) is 2.78. The fraction of sp³-hybridized carbons (Fsp3) is 0.562. The Morgan fingerprint density at radius 2 is 2.14 bits per heavy atom. The maximum atomic E-state index is 12.7. The molecule has 0 aliphatic carbocycles. The molecule has 1 fully saturated rings. The van der Waals surface area contributed by atoms with E-state index in [4.69, 9.17) is 9.84 Å². The van der Waals surface area contributed by atoms with Gasteiger partial charge in [-0.15, -0.1) is 0 Å². The van der Waals surface area contributed by atoms with E-state index in [2.05, 4.69) is 4.90 Å². The van der Waals surface area contributed by atoms with E-state index in [1.165, 1.54) is 12.1 Å². The minimum Gasteiger partial charge on any atom is -0.494 e. The Morgan fingerprint density at radius 3 is 2.86 bits per heavy atom. The zero-order valence-corrected chi connectivity index (χ0v) is 12.1. The minimum atomic E-state index is -0.707. The van der Waals surface area contributed by atoms with E-state index in [1.54, 1.807) is 12.1 Å². The van der Waals surface area contributed by atoms with Crippen LogP contribution in [0.4, 0.5) is 4.39 Å². The zero-order chi connectivity index (χ0) is 15.1. The molecule has 1 aliphatic heterocycles. The lowest BCUT2D eigenvalue weighted by Gasteiger charge is -2.16. The molecule has 0 saturated carbocycles. The molecule has 4 nitrogen and oxygen atoms in total. The molecule has 1 heterocycles. The van der Waals surface area contributed by atoms with Crippen molar-refractivity contribution in [3.8, 4) is 5.75 Å². The number of carboxylic acid groups (broad SMARTS) is 1. The van der Waals surface area contributed by atoms with Crippen molar-refractivity contribution in [3.05, 3.63) is 30.1 Å². The fourth-order valence-electron chi connectivity index (χ4n) is 2.69. The quantitative estimate of drug-likeness (QED) is 0.749. The lowest BCUT2D eigenvalue weighted by Crippen LogP contribution is -2.23. The number of likely N-dealkylation sites (tertiary alicyclic amines) is 1. The number of benzene rings is 1. The van der Waals surface area contributed by atoms with Crippen molar-refractivity contribution in [1.82, 2.24) is 4.90 Å². The first-order valence-corrected chi connectivity index (χ1v) is 7.46. The van der Waals surface area contributed by atoms with Crippen LogP contribution in [0.2, 0.25) is 0 Å². The van der Waals surface area contributed by atoms with Crippen molar-refractivity contribution in [2.75, 3.05) is 26.2 Å². The van der Waals surface area contributed by atoms with E-state index in [9.17, 15) is 9.18 Å². The average Bonchev–Trinajstić information content (AvgIpc) is 2.91. The normalized spacial score (nSPS) is 18.8. The average molecular weight is 295 g/mol. The number of hydrogen-bond acceptors (Lipinski definition) is 3. The Balaban J connectivity index is 1.57. The SMILES string of the molecule is O=C(O)CCC1CCN(CCCOc2ccc(F)cc2)C1. The van der Waals surface area contributed by atoms with Crippen LogP contribution in [0.15, 0.2) is 24.3 Å². The van der Waals surface area contributed by atoms with E-state index in [1.807, 2.05) is 0 Å². The van der Waals surface area contributed by atoms with E-state index in [0.717, 1.165) is 38.9 Å². The maximum absolute atomic E-state index is 12.7. The van der Waals surface area contributed by atoms with Crippen LogP contribution in [0.5, 0.6) is 5.75 Å². The van der Waals surface area contributed by atoms with Gasteiger partial charge in [0.2, 0.25) is 0 Å². The Labute approximate surface area is 124 Å². The van der Waals surface area contributed by atoms with Gasteiger partial charge in [-0.3, -0.25) is 4.79 Å². The molecular weight excluding hydrogens is 273 g/mol. The minimum absolute atomic E-state index is 0.258. The number of carboxylic acids is 1. The van der Waals surface area contributed by atoms with Crippen LogP contribution in [0, 0.1) is 11.7 Å². The van der Waals surface area contributed by atoms with Crippen molar-refractivity contribution >= 4 is 5.97 Å². The molecule has 1 atom stereocenters. The van der Waals surface area contributed by atoms with Crippen molar-refractivity contribution < 1.29 is 19.0 Å². The molecule has 1 unspecified atom stereocenters. The molecule has 0 aromatic heterocycles. The Kier molecular flexibility index (Phi) is 5.99. The van der Waals surface area contributed by atoms with E-state index < -0.39 is 5.97 Å². The molecule has 5 heteroatoms. The molecule has 1 aromatic rings. The number of nitrogens with zero attached hydrogens (tertiary/aromatic N) is 1. The van der Waals surface area contributed by atoms with Gasteiger partial charge in [0.15, 0.2) is 0 Å². The van der Waals surface area contributed by atoms with Crippen LogP contribution < -0.4 is 4.74 Å². The molecule has 116 valence electrons. The smallest absolute Gasteiger partial charge is 0.303 e. The summed E-state index contributed by atoms with van der Waals surface area (Å²) in [5.74, 6) is 0.240. The van der Waals surface area contributed by atoms with Crippen molar-refractivity contribution in [2.45, 2.75) is 25.7 Å². The number of halogens is 1. The molecule has 21 heavy (non-hydrogen) atoms. The monoisotopic (exact) mass is 295 g/mol. The number of carbonyl (C=O) groups is 1. The highest BCUT2D eigenvalue weighted by atomic mass is 19.1. The predicted molar refractivity (Wildman–Crippen MR) is 77.9 cm³/mol. The van der Waals surface area contributed by atoms with Crippen LogP contribution in [0.25, 0.3) is 0 Å². The summed E-state index contributed by atoms with van der Waals surface area (Å²) in [6.45, 7) is 3.61. The molecule has 0 spiro atoms. The van der Waals surface area contributed by atoms with Gasteiger partial charge in [0, 0.05) is 19.5 Å². The number of ether oxygens (including phenoxy) is 1. The molecule has 1 saturated heterocycles. The van der Waals surface area contributed by atoms with Crippen LogP contribution in [0.1, 0.15) is 25.7 Å². The maximum Gasteiger partial charge on any atom is 0.303 e. The molecule has 0 radical (unpaired) electrons. The summed E-state index contributed by atoms with van der Waals surface area (Å²) in [6, 6.07) is 6.05. The van der Waals surface area contributed by atoms with Gasteiger partial charge in [-0.1, -0.05) is 0 Å². The molecular formula is C16H22FNO3. The molecule has 2 rings (SSSR count). The van der Waals surface area contributed by atoms with Crippen molar-refractivity contribution in [3.63, 3.8) is 0 Å².